The number of nitrogens with zero attached hydrogens (tertiary/aromatic N) is 4. The molecular weight excluding hydrogens is 402 g/mol. The Morgan fingerprint density at radius 2 is 1.56 bits per heavy atom. The lowest BCUT2D eigenvalue weighted by molar-refractivity contribution is -0.661. The molecule has 0 radical (unpaired) electrons. The molecule has 3 aromatic heterocycles. The van der Waals surface area contributed by atoms with Crippen molar-refractivity contribution in [2.45, 2.75) is 26.3 Å². The van der Waals surface area contributed by atoms with Crippen molar-refractivity contribution in [2.75, 3.05) is 0 Å². The van der Waals surface area contributed by atoms with Crippen molar-refractivity contribution < 1.29 is 4.57 Å². The Bertz CT molecular complexity index is 1550. The third-order valence-electron chi connectivity index (χ3n) is 6.22. The Morgan fingerprint density at radius 3 is 2.22 bits per heavy atom. The Balaban J connectivity index is 1.86. The molecule has 7 heteroatoms. The van der Waals surface area contributed by atoms with Crippen LogP contribution in [0, 0.1) is 0 Å². The van der Waals surface area contributed by atoms with E-state index in [1.165, 1.54) is 21.7 Å². The van der Waals surface area contributed by atoms with Crippen molar-refractivity contribution in [3.05, 3.63) is 92.8 Å². The van der Waals surface area contributed by atoms with Crippen LogP contribution in [0.3, 0.4) is 0 Å². The Morgan fingerprint density at radius 1 is 0.906 bits per heavy atom. The topological polar surface area (TPSA) is 68.1 Å². The quantitative estimate of drug-likeness (QED) is 0.437. The van der Waals surface area contributed by atoms with Crippen LogP contribution in [0.25, 0.3) is 28.2 Å². The molecule has 0 spiro atoms. The van der Waals surface area contributed by atoms with Gasteiger partial charge in [-0.3, -0.25) is 13.9 Å². The molecule has 0 saturated heterocycles. The molecule has 3 heterocycles. The lowest BCUT2D eigenvalue weighted by atomic mass is 10.1. The molecular formula is C25H26N5O2+. The molecule has 5 rings (SSSR count). The summed E-state index contributed by atoms with van der Waals surface area (Å²) in [6, 6.07) is 20.6. The number of aromatic nitrogens is 5. The van der Waals surface area contributed by atoms with Gasteiger partial charge in [-0.15, -0.1) is 0 Å². The van der Waals surface area contributed by atoms with Crippen LogP contribution in [0.2, 0.25) is 0 Å². The summed E-state index contributed by atoms with van der Waals surface area (Å²) in [6.07, 6.45) is 1.59. The standard InChI is InChI=1S/C25H25N5O2/c1-4-19-20(18-13-9-6-10-14-18)29(16-15-17-11-7-5-8-12-17)24-26-22-21(30(19)24)23(31)28(3)25(32)27(22)2/h5-14H,4,15-16H2,1-3H3/p+1. The van der Waals surface area contributed by atoms with Gasteiger partial charge in [0, 0.05) is 32.5 Å². The summed E-state index contributed by atoms with van der Waals surface area (Å²) in [6.45, 7) is 2.83. The first-order valence-corrected chi connectivity index (χ1v) is 10.9. The molecule has 0 amide bonds. The van der Waals surface area contributed by atoms with E-state index < -0.39 is 0 Å². The average Bonchev–Trinajstić information content (AvgIpc) is 3.36. The van der Waals surface area contributed by atoms with Crippen LogP contribution in [0.4, 0.5) is 0 Å². The Kier molecular flexibility index (Phi) is 4.81. The van der Waals surface area contributed by atoms with Gasteiger partial charge in [0.25, 0.3) is 5.56 Å². The van der Waals surface area contributed by atoms with Gasteiger partial charge < -0.3 is 0 Å². The van der Waals surface area contributed by atoms with Crippen molar-refractivity contribution in [3.8, 4) is 11.3 Å². The number of aromatic amines is 1. The fraction of sp³-hybridized carbons (Fsp3) is 0.240. The van der Waals surface area contributed by atoms with Gasteiger partial charge in [-0.2, -0.15) is 4.40 Å². The van der Waals surface area contributed by atoms with Gasteiger partial charge in [-0.05, 0) is 5.56 Å². The van der Waals surface area contributed by atoms with E-state index in [4.69, 9.17) is 0 Å². The minimum atomic E-state index is -0.343. The molecule has 0 atom stereocenters. The van der Waals surface area contributed by atoms with Crippen molar-refractivity contribution in [1.29, 1.82) is 0 Å². The summed E-state index contributed by atoms with van der Waals surface area (Å²) in [5.41, 5.74) is 4.88. The molecule has 2 aromatic carbocycles. The SMILES string of the molecule is CCc1c(-c2ccccc2)[n+](CCc2ccccc2)c2[nH]c3c(c(=O)n(C)c(=O)n3C)n12. The minimum Gasteiger partial charge on any atom is -0.267 e. The molecule has 0 aliphatic rings. The molecule has 0 saturated carbocycles. The van der Waals surface area contributed by atoms with Gasteiger partial charge in [-0.25, -0.2) is 14.3 Å². The van der Waals surface area contributed by atoms with Crippen LogP contribution in [0.5, 0.6) is 0 Å². The highest BCUT2D eigenvalue weighted by Crippen LogP contribution is 2.26. The second-order valence-corrected chi connectivity index (χ2v) is 8.09. The third-order valence-corrected chi connectivity index (χ3v) is 6.22. The molecule has 32 heavy (non-hydrogen) atoms. The first-order valence-electron chi connectivity index (χ1n) is 10.9. The summed E-state index contributed by atoms with van der Waals surface area (Å²) in [4.78, 5) is 29.1. The van der Waals surface area contributed by atoms with E-state index in [1.54, 1.807) is 7.05 Å². The van der Waals surface area contributed by atoms with Crippen molar-refractivity contribution in [2.24, 2.45) is 14.1 Å². The highest BCUT2D eigenvalue weighted by molar-refractivity contribution is 5.77. The van der Waals surface area contributed by atoms with E-state index in [2.05, 4.69) is 40.7 Å². The first kappa shape index (κ1) is 20.1. The minimum absolute atomic E-state index is 0.297. The highest BCUT2D eigenvalue weighted by atomic mass is 16.2. The number of H-pyrrole nitrogens is 1. The van der Waals surface area contributed by atoms with Gasteiger partial charge in [0.2, 0.25) is 11.2 Å². The Labute approximate surface area is 184 Å². The van der Waals surface area contributed by atoms with E-state index in [0.717, 1.165) is 42.1 Å². The maximum atomic E-state index is 13.2. The van der Waals surface area contributed by atoms with Crippen LogP contribution < -0.4 is 15.8 Å². The average molecular weight is 429 g/mol. The van der Waals surface area contributed by atoms with Gasteiger partial charge in [-0.1, -0.05) is 67.6 Å². The monoisotopic (exact) mass is 428 g/mol. The Hall–Kier alpha value is -3.87. The molecule has 162 valence electrons. The van der Waals surface area contributed by atoms with Gasteiger partial charge >= 0.3 is 11.5 Å². The number of rotatable bonds is 5. The van der Waals surface area contributed by atoms with Crippen LogP contribution >= 0.6 is 0 Å². The molecule has 0 unspecified atom stereocenters. The number of aryl methyl sites for hydroxylation is 4. The number of nitrogens with one attached hydrogen (secondary N) is 1. The van der Waals surface area contributed by atoms with Crippen LogP contribution in [0.15, 0.2) is 70.3 Å². The van der Waals surface area contributed by atoms with Crippen LogP contribution in [-0.4, -0.2) is 18.5 Å². The number of benzene rings is 2. The molecule has 0 fully saturated rings. The summed E-state index contributed by atoms with van der Waals surface area (Å²) in [7, 11) is 3.22. The fourth-order valence-corrected chi connectivity index (χ4v) is 4.60. The first-order chi connectivity index (χ1) is 15.5. The van der Waals surface area contributed by atoms with E-state index in [1.807, 2.05) is 40.8 Å². The lowest BCUT2D eigenvalue weighted by Gasteiger charge is -2.07. The normalized spacial score (nSPS) is 11.6. The summed E-state index contributed by atoms with van der Waals surface area (Å²) < 4.78 is 6.92. The van der Waals surface area contributed by atoms with E-state index >= 15 is 0 Å². The molecule has 5 aromatic rings. The largest absolute Gasteiger partial charge is 0.369 e. The van der Waals surface area contributed by atoms with E-state index in [-0.39, 0.29) is 11.2 Å². The van der Waals surface area contributed by atoms with Crippen LogP contribution in [-0.2, 0) is 33.5 Å². The number of imidazole rings is 2. The second kappa shape index (κ2) is 7.67. The summed E-state index contributed by atoms with van der Waals surface area (Å²) in [5, 5.41) is 0. The maximum Gasteiger partial charge on any atom is 0.369 e. The maximum absolute atomic E-state index is 13.2. The van der Waals surface area contributed by atoms with Gasteiger partial charge in [0.05, 0.1) is 6.54 Å². The molecule has 0 aliphatic heterocycles. The highest BCUT2D eigenvalue weighted by Gasteiger charge is 2.31. The molecule has 0 bridgehead atoms. The zero-order valence-electron chi connectivity index (χ0n) is 18.5. The van der Waals surface area contributed by atoms with Gasteiger partial charge in [0.1, 0.15) is 11.4 Å². The van der Waals surface area contributed by atoms with E-state index in [0.29, 0.717) is 11.2 Å². The van der Waals surface area contributed by atoms with Gasteiger partial charge in [0.15, 0.2) is 0 Å². The zero-order chi connectivity index (χ0) is 22.4. The van der Waals surface area contributed by atoms with E-state index in [9.17, 15) is 9.59 Å². The molecule has 1 N–H and O–H groups in total. The van der Waals surface area contributed by atoms with Crippen LogP contribution in [0.1, 0.15) is 18.2 Å². The smallest absolute Gasteiger partial charge is 0.267 e. The zero-order valence-corrected chi connectivity index (χ0v) is 18.5. The number of hydrogen-bond donors (Lipinski definition) is 1. The number of hydrogen-bond acceptors (Lipinski definition) is 2. The second-order valence-electron chi connectivity index (χ2n) is 8.09. The lowest BCUT2D eigenvalue weighted by Crippen LogP contribution is -2.37. The van der Waals surface area contributed by atoms with Crippen molar-refractivity contribution >= 4 is 16.9 Å². The fourth-order valence-electron chi connectivity index (χ4n) is 4.60. The predicted molar refractivity (Wildman–Crippen MR) is 125 cm³/mol. The molecule has 0 aliphatic carbocycles. The van der Waals surface area contributed by atoms with Crippen molar-refractivity contribution in [3.63, 3.8) is 0 Å². The third kappa shape index (κ3) is 2.92. The number of fused-ring (bicyclic) bond motifs is 3. The van der Waals surface area contributed by atoms with Crippen molar-refractivity contribution in [1.82, 2.24) is 18.5 Å². The summed E-state index contributed by atoms with van der Waals surface area (Å²) >= 11 is 0. The predicted octanol–water partition coefficient (Wildman–Crippen LogP) is 2.58. The molecule has 7 nitrogen and oxygen atoms in total. The summed E-state index contributed by atoms with van der Waals surface area (Å²) in [5.74, 6) is 0.810.